The Morgan fingerprint density at radius 1 is 1.14 bits per heavy atom. The summed E-state index contributed by atoms with van der Waals surface area (Å²) in [5.74, 6) is 2.04. The molecule has 4 atom stereocenters. The standard InChI is InChI=1S/C25H33ClO2/c1-17-15-21(26)16-18(2)22(17)8-6-9-24-20-13-11-19(12-14-20)23(24)7-4-3-5-10-25(27)28/h4,7,11,13,15-16,19-20,23-24H,3,5-6,8-10,12,14H2,1-2H3,(H,27,28)/b7-4-/t19-,20+,23+,24+/m1/s1. The summed E-state index contributed by atoms with van der Waals surface area (Å²) < 4.78 is 0. The minimum atomic E-state index is -0.696. The minimum absolute atomic E-state index is 0.268. The predicted octanol–water partition coefficient (Wildman–Crippen LogP) is 6.92. The smallest absolute Gasteiger partial charge is 0.303 e. The number of benzene rings is 1. The Kier molecular flexibility index (Phi) is 7.40. The zero-order valence-electron chi connectivity index (χ0n) is 17.2. The van der Waals surface area contributed by atoms with Crippen molar-refractivity contribution in [1.29, 1.82) is 0 Å². The van der Waals surface area contributed by atoms with E-state index in [1.165, 1.54) is 42.4 Å². The number of allylic oxidation sites excluding steroid dienone is 4. The second-order valence-corrected chi connectivity index (χ2v) is 9.09. The Morgan fingerprint density at radius 2 is 1.82 bits per heavy atom. The highest BCUT2D eigenvalue weighted by molar-refractivity contribution is 6.30. The molecule has 1 fully saturated rings. The van der Waals surface area contributed by atoms with Crippen molar-refractivity contribution < 1.29 is 9.90 Å². The van der Waals surface area contributed by atoms with Gasteiger partial charge in [0, 0.05) is 11.4 Å². The normalized spacial score (nSPS) is 26.2. The van der Waals surface area contributed by atoms with Crippen LogP contribution in [0.5, 0.6) is 0 Å². The van der Waals surface area contributed by atoms with Crippen molar-refractivity contribution in [3.8, 4) is 0 Å². The van der Waals surface area contributed by atoms with Crippen molar-refractivity contribution in [3.63, 3.8) is 0 Å². The molecule has 0 amide bonds. The van der Waals surface area contributed by atoms with E-state index in [1.54, 1.807) is 0 Å². The van der Waals surface area contributed by atoms with Crippen LogP contribution in [0.25, 0.3) is 0 Å². The molecule has 0 radical (unpaired) electrons. The maximum absolute atomic E-state index is 10.7. The van der Waals surface area contributed by atoms with Gasteiger partial charge in [0.15, 0.2) is 0 Å². The van der Waals surface area contributed by atoms with Gasteiger partial charge in [-0.15, -0.1) is 0 Å². The molecule has 3 aliphatic rings. The maximum Gasteiger partial charge on any atom is 0.303 e. The summed E-state index contributed by atoms with van der Waals surface area (Å²) >= 11 is 6.18. The molecule has 1 saturated carbocycles. The highest BCUT2D eigenvalue weighted by Crippen LogP contribution is 2.47. The highest BCUT2D eigenvalue weighted by atomic mass is 35.5. The Hall–Kier alpha value is -1.54. The first kappa shape index (κ1) is 21.2. The van der Waals surface area contributed by atoms with Crippen molar-refractivity contribution >= 4 is 17.6 Å². The fraction of sp³-hybridized carbons (Fsp3) is 0.560. The van der Waals surface area contributed by atoms with Crippen LogP contribution in [0.4, 0.5) is 0 Å². The molecule has 152 valence electrons. The second-order valence-electron chi connectivity index (χ2n) is 8.66. The Bertz CT molecular complexity index is 726. The Labute approximate surface area is 174 Å². The summed E-state index contributed by atoms with van der Waals surface area (Å²) in [6.45, 7) is 4.34. The van der Waals surface area contributed by atoms with Crippen LogP contribution >= 0.6 is 11.6 Å². The molecule has 3 aliphatic carbocycles. The summed E-state index contributed by atoms with van der Waals surface area (Å²) in [6, 6.07) is 4.16. The van der Waals surface area contributed by atoms with Crippen molar-refractivity contribution in [3.05, 3.63) is 58.1 Å². The Balaban J connectivity index is 1.58. The van der Waals surface area contributed by atoms with E-state index in [4.69, 9.17) is 16.7 Å². The van der Waals surface area contributed by atoms with Gasteiger partial charge in [-0.1, -0.05) is 35.9 Å². The second kappa shape index (κ2) is 9.78. The van der Waals surface area contributed by atoms with Crippen LogP contribution in [0.2, 0.25) is 5.02 Å². The monoisotopic (exact) mass is 400 g/mol. The van der Waals surface area contributed by atoms with Gasteiger partial charge in [-0.05, 0) is 111 Å². The molecule has 0 spiro atoms. The molecule has 3 heteroatoms. The van der Waals surface area contributed by atoms with E-state index in [1.807, 2.05) is 0 Å². The quantitative estimate of drug-likeness (QED) is 0.360. The van der Waals surface area contributed by atoms with Crippen LogP contribution in [0, 0.1) is 37.5 Å². The van der Waals surface area contributed by atoms with Gasteiger partial charge < -0.3 is 5.11 Å². The van der Waals surface area contributed by atoms with Gasteiger partial charge in [0.1, 0.15) is 0 Å². The molecule has 1 aromatic rings. The molecule has 0 unspecified atom stereocenters. The molecule has 28 heavy (non-hydrogen) atoms. The van der Waals surface area contributed by atoms with Crippen LogP contribution in [-0.2, 0) is 11.2 Å². The average Bonchev–Trinajstić information content (AvgIpc) is 2.65. The van der Waals surface area contributed by atoms with Gasteiger partial charge in [0.25, 0.3) is 0 Å². The van der Waals surface area contributed by atoms with E-state index in [0.29, 0.717) is 17.8 Å². The third-order valence-corrected chi connectivity index (χ3v) is 6.94. The number of rotatable bonds is 9. The van der Waals surface area contributed by atoms with Crippen molar-refractivity contribution in [2.75, 3.05) is 0 Å². The van der Waals surface area contributed by atoms with E-state index in [2.05, 4.69) is 50.3 Å². The van der Waals surface area contributed by atoms with Gasteiger partial charge in [-0.3, -0.25) is 4.79 Å². The maximum atomic E-state index is 10.7. The molecular formula is C25H33ClO2. The van der Waals surface area contributed by atoms with Gasteiger partial charge in [0.05, 0.1) is 0 Å². The number of aryl methyl sites for hydroxylation is 2. The molecule has 0 aliphatic heterocycles. The summed E-state index contributed by atoms with van der Waals surface area (Å²) in [5, 5.41) is 9.63. The lowest BCUT2D eigenvalue weighted by Crippen LogP contribution is -2.35. The van der Waals surface area contributed by atoms with Gasteiger partial charge in [-0.25, -0.2) is 0 Å². The fourth-order valence-corrected chi connectivity index (χ4v) is 5.64. The van der Waals surface area contributed by atoms with E-state index in [9.17, 15) is 4.79 Å². The summed E-state index contributed by atoms with van der Waals surface area (Å²) in [6.07, 6.45) is 17.7. The SMILES string of the molecule is Cc1cc(Cl)cc(C)c1CCC[C@@H]1[C@@H](/C=C\CCCC(=O)O)[C@@H]2C=C[C@H]1CC2. The van der Waals surface area contributed by atoms with E-state index in [0.717, 1.165) is 30.2 Å². The third kappa shape index (κ3) is 5.29. The number of carboxylic acids is 1. The zero-order valence-corrected chi connectivity index (χ0v) is 17.9. The number of unbranched alkanes of at least 4 members (excludes halogenated alkanes) is 1. The van der Waals surface area contributed by atoms with Crippen LogP contribution in [0.3, 0.4) is 0 Å². The molecule has 4 rings (SSSR count). The van der Waals surface area contributed by atoms with Crippen molar-refractivity contribution in [2.45, 2.75) is 65.2 Å². The number of aliphatic carboxylic acids is 1. The van der Waals surface area contributed by atoms with Crippen molar-refractivity contribution in [2.24, 2.45) is 23.7 Å². The lowest BCUT2D eigenvalue weighted by molar-refractivity contribution is -0.137. The summed E-state index contributed by atoms with van der Waals surface area (Å²) in [5.41, 5.74) is 4.08. The van der Waals surface area contributed by atoms with E-state index < -0.39 is 5.97 Å². The van der Waals surface area contributed by atoms with Crippen molar-refractivity contribution in [1.82, 2.24) is 0 Å². The molecule has 2 nitrogen and oxygen atoms in total. The van der Waals surface area contributed by atoms with Gasteiger partial charge >= 0.3 is 5.97 Å². The zero-order chi connectivity index (χ0) is 20.1. The average molecular weight is 401 g/mol. The lowest BCUT2D eigenvalue weighted by Gasteiger charge is -2.44. The highest BCUT2D eigenvalue weighted by Gasteiger charge is 2.38. The lowest BCUT2D eigenvalue weighted by atomic mass is 9.61. The van der Waals surface area contributed by atoms with Gasteiger partial charge in [0.2, 0.25) is 0 Å². The first-order chi connectivity index (χ1) is 13.5. The topological polar surface area (TPSA) is 37.3 Å². The molecule has 2 bridgehead atoms. The summed E-state index contributed by atoms with van der Waals surface area (Å²) in [4.78, 5) is 10.7. The number of hydrogen-bond acceptors (Lipinski definition) is 1. The van der Waals surface area contributed by atoms with E-state index in [-0.39, 0.29) is 6.42 Å². The van der Waals surface area contributed by atoms with E-state index >= 15 is 0 Å². The molecule has 0 aromatic heterocycles. The molecule has 0 heterocycles. The third-order valence-electron chi connectivity index (χ3n) is 6.72. The summed E-state index contributed by atoms with van der Waals surface area (Å²) in [7, 11) is 0. The van der Waals surface area contributed by atoms with Crippen LogP contribution in [-0.4, -0.2) is 11.1 Å². The minimum Gasteiger partial charge on any atom is -0.481 e. The van der Waals surface area contributed by atoms with Crippen LogP contribution < -0.4 is 0 Å². The van der Waals surface area contributed by atoms with Gasteiger partial charge in [-0.2, -0.15) is 0 Å². The molecule has 1 N–H and O–H groups in total. The molecule has 0 saturated heterocycles. The molecular weight excluding hydrogens is 368 g/mol. The number of carboxylic acid groups (broad SMARTS) is 1. The largest absolute Gasteiger partial charge is 0.481 e. The number of fused-ring (bicyclic) bond motifs is 2. The Morgan fingerprint density at radius 3 is 2.46 bits per heavy atom. The number of carbonyl (C=O) groups is 1. The fourth-order valence-electron chi connectivity index (χ4n) is 5.31. The number of halogens is 1. The predicted molar refractivity (Wildman–Crippen MR) is 117 cm³/mol. The molecule has 1 aromatic carbocycles. The first-order valence-corrected chi connectivity index (χ1v) is 11.2. The number of hydrogen-bond donors (Lipinski definition) is 1. The van der Waals surface area contributed by atoms with Crippen LogP contribution in [0.1, 0.15) is 61.6 Å². The first-order valence-electron chi connectivity index (χ1n) is 10.8. The van der Waals surface area contributed by atoms with Crippen LogP contribution in [0.15, 0.2) is 36.4 Å².